The number of allylic oxidation sites excluding steroid dienone is 1. The standard InChI is InChI=1S/C22H43NO2/c1-3-5-6-7-8-9-10-11-12-13-14-15-16-17-18-19-20-25-22(24)21(23)4-2/h4H,3,5-20,23H2,1-2H3/b21-4-. The Balaban J connectivity index is 3.11. The largest absolute Gasteiger partial charge is 0.461 e. The quantitative estimate of drug-likeness (QED) is 0.170. The molecule has 25 heavy (non-hydrogen) atoms. The molecule has 0 aliphatic heterocycles. The zero-order chi connectivity index (χ0) is 18.6. The summed E-state index contributed by atoms with van der Waals surface area (Å²) in [6.07, 6.45) is 23.1. The topological polar surface area (TPSA) is 52.3 Å². The van der Waals surface area contributed by atoms with Gasteiger partial charge in [-0.1, -0.05) is 109 Å². The number of ether oxygens (including phenoxy) is 1. The predicted molar refractivity (Wildman–Crippen MR) is 108 cm³/mol. The number of hydrogen-bond donors (Lipinski definition) is 1. The smallest absolute Gasteiger partial charge is 0.353 e. The Morgan fingerprint density at radius 2 is 1.08 bits per heavy atom. The van der Waals surface area contributed by atoms with Crippen LogP contribution in [0, 0.1) is 0 Å². The van der Waals surface area contributed by atoms with Gasteiger partial charge in [-0.3, -0.25) is 0 Å². The Labute approximate surface area is 156 Å². The van der Waals surface area contributed by atoms with Crippen molar-refractivity contribution in [1.29, 1.82) is 0 Å². The number of esters is 1. The minimum absolute atomic E-state index is 0.205. The number of carbonyl (C=O) groups excluding carboxylic acids is 1. The summed E-state index contributed by atoms with van der Waals surface area (Å²) in [6.45, 7) is 4.51. The lowest BCUT2D eigenvalue weighted by molar-refractivity contribution is -0.139. The van der Waals surface area contributed by atoms with E-state index in [1.807, 2.05) is 0 Å². The van der Waals surface area contributed by atoms with Crippen molar-refractivity contribution in [1.82, 2.24) is 0 Å². The fourth-order valence-corrected chi connectivity index (χ4v) is 3.02. The highest BCUT2D eigenvalue weighted by atomic mass is 16.5. The van der Waals surface area contributed by atoms with Crippen molar-refractivity contribution in [3.05, 3.63) is 11.8 Å². The van der Waals surface area contributed by atoms with Crippen LogP contribution in [0.15, 0.2) is 11.8 Å². The molecule has 3 heteroatoms. The van der Waals surface area contributed by atoms with Gasteiger partial charge in [-0.15, -0.1) is 0 Å². The first-order valence-electron chi connectivity index (χ1n) is 10.8. The molecule has 0 heterocycles. The van der Waals surface area contributed by atoms with Crippen LogP contribution in [0.2, 0.25) is 0 Å². The Hall–Kier alpha value is -0.990. The second-order valence-corrected chi connectivity index (χ2v) is 7.18. The third kappa shape index (κ3) is 17.6. The molecule has 0 radical (unpaired) electrons. The number of hydrogen-bond acceptors (Lipinski definition) is 3. The SMILES string of the molecule is C/C=C(\N)C(=O)OCCCCCCCCCCCCCCCCCC. The highest BCUT2D eigenvalue weighted by molar-refractivity contribution is 5.87. The van der Waals surface area contributed by atoms with Crippen molar-refractivity contribution < 1.29 is 9.53 Å². The van der Waals surface area contributed by atoms with Crippen LogP contribution in [-0.4, -0.2) is 12.6 Å². The van der Waals surface area contributed by atoms with Gasteiger partial charge in [0.15, 0.2) is 0 Å². The summed E-state index contributed by atoms with van der Waals surface area (Å²) in [5.41, 5.74) is 5.68. The fourth-order valence-electron chi connectivity index (χ4n) is 3.02. The molecule has 0 saturated heterocycles. The van der Waals surface area contributed by atoms with E-state index in [-0.39, 0.29) is 11.7 Å². The first-order valence-corrected chi connectivity index (χ1v) is 10.8. The lowest BCUT2D eigenvalue weighted by Crippen LogP contribution is -2.15. The van der Waals surface area contributed by atoms with Gasteiger partial charge in [-0.2, -0.15) is 0 Å². The van der Waals surface area contributed by atoms with Gasteiger partial charge >= 0.3 is 5.97 Å². The maximum Gasteiger partial charge on any atom is 0.353 e. The van der Waals surface area contributed by atoms with Crippen LogP contribution in [0.5, 0.6) is 0 Å². The van der Waals surface area contributed by atoms with Crippen LogP contribution >= 0.6 is 0 Å². The zero-order valence-electron chi connectivity index (χ0n) is 17.0. The van der Waals surface area contributed by atoms with Crippen LogP contribution in [0.4, 0.5) is 0 Å². The second kappa shape index (κ2) is 19.3. The summed E-state index contributed by atoms with van der Waals surface area (Å²) in [7, 11) is 0. The van der Waals surface area contributed by atoms with E-state index < -0.39 is 0 Å². The van der Waals surface area contributed by atoms with Gasteiger partial charge < -0.3 is 10.5 Å². The van der Waals surface area contributed by atoms with Crippen molar-refractivity contribution in [2.45, 2.75) is 117 Å². The monoisotopic (exact) mass is 353 g/mol. The minimum atomic E-state index is -0.386. The molecule has 0 aromatic heterocycles. The summed E-state index contributed by atoms with van der Waals surface area (Å²) in [5, 5.41) is 0. The summed E-state index contributed by atoms with van der Waals surface area (Å²) in [4.78, 5) is 11.3. The predicted octanol–water partition coefficient (Wildman–Crippen LogP) is 6.65. The van der Waals surface area contributed by atoms with Crippen LogP contribution < -0.4 is 5.73 Å². The molecular formula is C22H43NO2. The molecule has 0 unspecified atom stereocenters. The van der Waals surface area contributed by atoms with Gasteiger partial charge in [-0.05, 0) is 13.3 Å². The molecule has 0 spiro atoms. The van der Waals surface area contributed by atoms with E-state index >= 15 is 0 Å². The van der Waals surface area contributed by atoms with Gasteiger partial charge in [0.1, 0.15) is 5.70 Å². The van der Waals surface area contributed by atoms with Gasteiger partial charge in [0.05, 0.1) is 6.61 Å². The lowest BCUT2D eigenvalue weighted by atomic mass is 10.0. The van der Waals surface area contributed by atoms with Crippen LogP contribution in [-0.2, 0) is 9.53 Å². The molecule has 148 valence electrons. The van der Waals surface area contributed by atoms with E-state index in [1.54, 1.807) is 13.0 Å². The normalized spacial score (nSPS) is 11.7. The van der Waals surface area contributed by atoms with Gasteiger partial charge in [0.25, 0.3) is 0 Å². The molecule has 0 amide bonds. The van der Waals surface area contributed by atoms with Crippen molar-refractivity contribution in [2.75, 3.05) is 6.61 Å². The maximum atomic E-state index is 11.3. The fraction of sp³-hybridized carbons (Fsp3) is 0.864. The maximum absolute atomic E-state index is 11.3. The highest BCUT2D eigenvalue weighted by Gasteiger charge is 2.04. The molecule has 0 saturated carbocycles. The molecule has 0 aliphatic carbocycles. The molecule has 0 bridgehead atoms. The molecule has 0 aromatic carbocycles. The third-order valence-corrected chi connectivity index (χ3v) is 4.78. The Morgan fingerprint density at radius 3 is 1.44 bits per heavy atom. The van der Waals surface area contributed by atoms with E-state index in [4.69, 9.17) is 10.5 Å². The summed E-state index contributed by atoms with van der Waals surface area (Å²) < 4.78 is 5.08. The minimum Gasteiger partial charge on any atom is -0.461 e. The van der Waals surface area contributed by atoms with E-state index in [0.717, 1.165) is 12.8 Å². The van der Waals surface area contributed by atoms with Crippen molar-refractivity contribution in [3.63, 3.8) is 0 Å². The average molecular weight is 354 g/mol. The van der Waals surface area contributed by atoms with Gasteiger partial charge in [0, 0.05) is 0 Å². The van der Waals surface area contributed by atoms with E-state index in [9.17, 15) is 4.79 Å². The van der Waals surface area contributed by atoms with Gasteiger partial charge in [0.2, 0.25) is 0 Å². The second-order valence-electron chi connectivity index (χ2n) is 7.18. The molecule has 0 atom stereocenters. The molecule has 0 fully saturated rings. The van der Waals surface area contributed by atoms with Crippen molar-refractivity contribution in [3.8, 4) is 0 Å². The van der Waals surface area contributed by atoms with E-state index in [0.29, 0.717) is 6.61 Å². The molecule has 3 nitrogen and oxygen atoms in total. The highest BCUT2D eigenvalue weighted by Crippen LogP contribution is 2.13. The van der Waals surface area contributed by atoms with Crippen LogP contribution in [0.1, 0.15) is 117 Å². The molecule has 0 rings (SSSR count). The number of rotatable bonds is 18. The van der Waals surface area contributed by atoms with E-state index in [2.05, 4.69) is 6.92 Å². The zero-order valence-corrected chi connectivity index (χ0v) is 17.0. The third-order valence-electron chi connectivity index (χ3n) is 4.78. The number of unbranched alkanes of at least 4 members (excludes halogenated alkanes) is 15. The number of nitrogens with two attached hydrogens (primary N) is 1. The summed E-state index contributed by atoms with van der Waals surface area (Å²) in [6, 6.07) is 0. The molecule has 0 aromatic rings. The van der Waals surface area contributed by atoms with Crippen LogP contribution in [0.3, 0.4) is 0 Å². The molecule has 0 aliphatic rings. The lowest BCUT2D eigenvalue weighted by Gasteiger charge is -2.05. The first kappa shape index (κ1) is 24.0. The Kier molecular flexibility index (Phi) is 18.6. The van der Waals surface area contributed by atoms with Crippen molar-refractivity contribution in [2.24, 2.45) is 5.73 Å². The Bertz CT molecular complexity index is 326. The van der Waals surface area contributed by atoms with Crippen molar-refractivity contribution >= 4 is 5.97 Å². The summed E-state index contributed by atoms with van der Waals surface area (Å²) in [5.74, 6) is -0.386. The molecule has 2 N–H and O–H groups in total. The Morgan fingerprint density at radius 1 is 0.720 bits per heavy atom. The number of carbonyl (C=O) groups is 1. The van der Waals surface area contributed by atoms with Crippen LogP contribution in [0.25, 0.3) is 0 Å². The van der Waals surface area contributed by atoms with E-state index in [1.165, 1.54) is 89.9 Å². The average Bonchev–Trinajstić information content (AvgIpc) is 2.63. The summed E-state index contributed by atoms with van der Waals surface area (Å²) >= 11 is 0. The first-order chi connectivity index (χ1) is 12.2. The molecular weight excluding hydrogens is 310 g/mol. The van der Waals surface area contributed by atoms with Gasteiger partial charge in [-0.25, -0.2) is 4.79 Å².